The molecule has 0 saturated heterocycles. The Balaban J connectivity index is 1.16. The second kappa shape index (κ2) is 9.70. The summed E-state index contributed by atoms with van der Waals surface area (Å²) < 4.78 is 12.6. The third kappa shape index (κ3) is 3.52. The lowest BCUT2D eigenvalue weighted by molar-refractivity contribution is 0.595. The second-order valence-corrected chi connectivity index (χ2v) is 13.0. The zero-order chi connectivity index (χ0) is 31.3. The maximum atomic E-state index is 6.34. The fraction of sp³-hybridized carbons (Fsp3) is 0.0435. The lowest BCUT2D eigenvalue weighted by Crippen LogP contribution is -1.92. The first-order chi connectivity index (χ1) is 23.8. The van der Waals surface area contributed by atoms with Crippen LogP contribution in [0.25, 0.3) is 105 Å². The van der Waals surface area contributed by atoms with Gasteiger partial charge in [0, 0.05) is 21.7 Å². The van der Waals surface area contributed by atoms with Gasteiger partial charge in [-0.3, -0.25) is 0 Å². The van der Waals surface area contributed by atoms with Gasteiger partial charge in [-0.25, -0.2) is 0 Å². The normalized spacial score (nSPS) is 13.2. The topological polar surface area (TPSA) is 26.3 Å². The van der Waals surface area contributed by atoms with Gasteiger partial charge in [-0.15, -0.1) is 0 Å². The number of fused-ring (bicyclic) bond motifs is 5. The molecule has 2 nitrogen and oxygen atoms in total. The molecule has 0 amide bonds. The van der Waals surface area contributed by atoms with Crippen LogP contribution in [0.4, 0.5) is 0 Å². The van der Waals surface area contributed by atoms with E-state index in [0.29, 0.717) is 0 Å². The Morgan fingerprint density at radius 3 is 1.79 bits per heavy atom. The third-order valence-electron chi connectivity index (χ3n) is 10.5. The highest BCUT2D eigenvalue weighted by atomic mass is 16.3. The second-order valence-electron chi connectivity index (χ2n) is 13.0. The van der Waals surface area contributed by atoms with Crippen molar-refractivity contribution in [2.45, 2.75) is 12.8 Å². The molecule has 0 bridgehead atoms. The van der Waals surface area contributed by atoms with E-state index in [1.54, 1.807) is 0 Å². The molecule has 0 N–H and O–H groups in total. The van der Waals surface area contributed by atoms with Crippen molar-refractivity contribution in [2.24, 2.45) is 0 Å². The zero-order valence-electron chi connectivity index (χ0n) is 26.1. The summed E-state index contributed by atoms with van der Waals surface area (Å²) in [5.74, 6) is 1.00. The molecule has 224 valence electrons. The molecule has 8 aromatic carbocycles. The summed E-state index contributed by atoms with van der Waals surface area (Å²) >= 11 is 0. The molecule has 2 heterocycles. The highest BCUT2D eigenvalue weighted by Gasteiger charge is 2.22. The van der Waals surface area contributed by atoms with E-state index >= 15 is 0 Å². The number of hydrogen-bond acceptors (Lipinski definition) is 2. The molecule has 0 radical (unpaired) electrons. The summed E-state index contributed by atoms with van der Waals surface area (Å²) in [6.45, 7) is 0. The molecule has 0 fully saturated rings. The molecule has 2 aromatic heterocycles. The van der Waals surface area contributed by atoms with Crippen LogP contribution in [-0.4, -0.2) is 0 Å². The van der Waals surface area contributed by atoms with Crippen LogP contribution in [0.1, 0.15) is 17.7 Å². The van der Waals surface area contributed by atoms with Gasteiger partial charge >= 0.3 is 0 Å². The molecule has 0 aliphatic heterocycles. The quantitative estimate of drug-likeness (QED) is 0.147. The average molecular weight is 613 g/mol. The van der Waals surface area contributed by atoms with Gasteiger partial charge in [-0.2, -0.15) is 0 Å². The number of aryl methyl sites for hydroxylation is 1. The first-order valence-corrected chi connectivity index (χ1v) is 16.7. The van der Waals surface area contributed by atoms with Crippen molar-refractivity contribution < 1.29 is 8.83 Å². The summed E-state index contributed by atoms with van der Waals surface area (Å²) in [6.07, 6.45) is 6.40. The first-order valence-electron chi connectivity index (χ1n) is 16.7. The van der Waals surface area contributed by atoms with Crippen LogP contribution < -0.4 is 0 Å². The van der Waals surface area contributed by atoms with Gasteiger partial charge in [0.15, 0.2) is 0 Å². The molecule has 10 aromatic rings. The SMILES string of the molecule is C1=Cc2oc3cccc(-c4ccc(-c5c6ccccc6c(-c6cc7cccc8oc9cccc6c9c78)c6ccccc56)cc4)c3c2CC1. The van der Waals surface area contributed by atoms with Crippen molar-refractivity contribution in [1.29, 1.82) is 0 Å². The Morgan fingerprint density at radius 2 is 1.04 bits per heavy atom. The molecule has 0 unspecified atom stereocenters. The standard InChI is InChI=1S/C46H28O2/c1-3-13-33-31(11-1)42(28-24-22-27(23-25-28)30-16-8-20-40-45(30)36-15-5-6-18-38(36)47-40)32-12-2-4-14-34(32)44(33)37-26-29-10-7-19-39-43(29)46-35(37)17-9-21-41(46)48-39/h1-4,6-14,16-26H,5,15H2. The van der Waals surface area contributed by atoms with Crippen LogP contribution in [0.3, 0.4) is 0 Å². The Kier molecular flexibility index (Phi) is 5.25. The fourth-order valence-electron chi connectivity index (χ4n) is 8.50. The van der Waals surface area contributed by atoms with E-state index in [9.17, 15) is 0 Å². The van der Waals surface area contributed by atoms with E-state index in [1.165, 1.54) is 87.4 Å². The zero-order valence-corrected chi connectivity index (χ0v) is 26.1. The molecule has 0 spiro atoms. The number of rotatable bonds is 3. The Morgan fingerprint density at radius 1 is 0.438 bits per heavy atom. The first kappa shape index (κ1) is 26.0. The monoisotopic (exact) mass is 612 g/mol. The highest BCUT2D eigenvalue weighted by molar-refractivity contribution is 6.29. The van der Waals surface area contributed by atoms with E-state index in [1.807, 2.05) is 0 Å². The van der Waals surface area contributed by atoms with Crippen molar-refractivity contribution in [2.75, 3.05) is 0 Å². The largest absolute Gasteiger partial charge is 0.456 e. The van der Waals surface area contributed by atoms with E-state index in [4.69, 9.17) is 8.83 Å². The molecule has 0 saturated carbocycles. The van der Waals surface area contributed by atoms with Crippen LogP contribution in [0.2, 0.25) is 0 Å². The number of hydrogen-bond donors (Lipinski definition) is 0. The van der Waals surface area contributed by atoms with E-state index in [-0.39, 0.29) is 0 Å². The maximum Gasteiger partial charge on any atom is 0.136 e. The van der Waals surface area contributed by atoms with Gasteiger partial charge in [0.1, 0.15) is 22.5 Å². The van der Waals surface area contributed by atoms with E-state index < -0.39 is 0 Å². The van der Waals surface area contributed by atoms with Crippen molar-refractivity contribution in [3.8, 4) is 33.4 Å². The van der Waals surface area contributed by atoms with Crippen LogP contribution >= 0.6 is 0 Å². The molecule has 11 rings (SSSR count). The van der Waals surface area contributed by atoms with E-state index in [0.717, 1.165) is 35.4 Å². The minimum absolute atomic E-state index is 0.939. The Bertz CT molecular complexity index is 2870. The molecule has 2 heteroatoms. The number of benzene rings is 8. The van der Waals surface area contributed by atoms with Crippen LogP contribution in [-0.2, 0) is 6.42 Å². The molecule has 0 atom stereocenters. The smallest absolute Gasteiger partial charge is 0.136 e. The minimum atomic E-state index is 0.939. The molecule has 1 aliphatic rings. The number of furan rings is 2. The van der Waals surface area contributed by atoms with Gasteiger partial charge in [0.25, 0.3) is 0 Å². The minimum Gasteiger partial charge on any atom is -0.456 e. The number of allylic oxidation sites excluding steroid dienone is 1. The summed E-state index contributed by atoms with van der Waals surface area (Å²) in [6, 6.07) is 48.6. The summed E-state index contributed by atoms with van der Waals surface area (Å²) in [7, 11) is 0. The van der Waals surface area contributed by atoms with Crippen LogP contribution in [0.5, 0.6) is 0 Å². The Hall–Kier alpha value is -6.12. The van der Waals surface area contributed by atoms with Crippen LogP contribution in [0, 0.1) is 0 Å². The highest BCUT2D eigenvalue weighted by Crippen LogP contribution is 2.48. The van der Waals surface area contributed by atoms with Crippen molar-refractivity contribution >= 4 is 71.3 Å². The van der Waals surface area contributed by atoms with E-state index in [2.05, 4.69) is 146 Å². The lowest BCUT2D eigenvalue weighted by atomic mass is 9.83. The summed E-state index contributed by atoms with van der Waals surface area (Å²) in [4.78, 5) is 0. The maximum absolute atomic E-state index is 6.34. The average Bonchev–Trinajstić information content (AvgIpc) is 3.72. The molecule has 48 heavy (non-hydrogen) atoms. The summed E-state index contributed by atoms with van der Waals surface area (Å²) in [5, 5.41) is 11.1. The fourth-order valence-corrected chi connectivity index (χ4v) is 8.50. The van der Waals surface area contributed by atoms with Crippen molar-refractivity contribution in [3.05, 3.63) is 151 Å². The molecular formula is C46H28O2. The lowest BCUT2D eigenvalue weighted by Gasteiger charge is -2.19. The van der Waals surface area contributed by atoms with Gasteiger partial charge in [-0.05, 0) is 109 Å². The summed E-state index contributed by atoms with van der Waals surface area (Å²) in [5.41, 5.74) is 11.6. The van der Waals surface area contributed by atoms with Crippen LogP contribution in [0.15, 0.2) is 148 Å². The van der Waals surface area contributed by atoms with Gasteiger partial charge < -0.3 is 8.83 Å². The molecular weight excluding hydrogens is 585 g/mol. The molecule has 1 aliphatic carbocycles. The van der Waals surface area contributed by atoms with Gasteiger partial charge in [-0.1, -0.05) is 115 Å². The predicted octanol–water partition coefficient (Wildman–Crippen LogP) is 13.2. The Labute approximate surface area is 276 Å². The van der Waals surface area contributed by atoms with Crippen molar-refractivity contribution in [1.82, 2.24) is 0 Å². The van der Waals surface area contributed by atoms with Gasteiger partial charge in [0.05, 0.1) is 0 Å². The van der Waals surface area contributed by atoms with Gasteiger partial charge in [0.2, 0.25) is 0 Å². The predicted molar refractivity (Wildman–Crippen MR) is 201 cm³/mol. The third-order valence-corrected chi connectivity index (χ3v) is 10.5. The van der Waals surface area contributed by atoms with Crippen molar-refractivity contribution in [3.63, 3.8) is 0 Å².